The highest BCUT2D eigenvalue weighted by Gasteiger charge is 2.20. The van der Waals surface area contributed by atoms with Gasteiger partial charge in [0.1, 0.15) is 5.82 Å². The van der Waals surface area contributed by atoms with Crippen molar-refractivity contribution in [1.82, 2.24) is 0 Å². The monoisotopic (exact) mass is 470 g/mol. The molecule has 1 aliphatic carbocycles. The molecule has 1 nitrogen and oxygen atoms in total. The van der Waals surface area contributed by atoms with Gasteiger partial charge in [0, 0.05) is 22.4 Å². The first-order valence-corrected chi connectivity index (χ1v) is 11.2. The minimum atomic E-state index is -3.36. The molecule has 0 unspecified atom stereocenters. The zero-order valence-electron chi connectivity index (χ0n) is 18.6. The lowest BCUT2D eigenvalue weighted by atomic mass is 9.82. The summed E-state index contributed by atoms with van der Waals surface area (Å²) in [6.07, 6.45) is 8.59. The van der Waals surface area contributed by atoms with Gasteiger partial charge in [0.25, 0.3) is 0 Å². The van der Waals surface area contributed by atoms with Gasteiger partial charge >= 0.3 is 6.61 Å². The molecule has 0 N–H and O–H groups in total. The summed E-state index contributed by atoms with van der Waals surface area (Å²) in [5, 5.41) is -0.00116. The lowest BCUT2D eigenvalue weighted by Crippen LogP contribution is -2.11. The predicted octanol–water partition coefficient (Wildman–Crippen LogP) is 8.26. The Balaban J connectivity index is 1.56. The molecule has 0 saturated heterocycles. The Morgan fingerprint density at radius 1 is 0.941 bits per heavy atom. The van der Waals surface area contributed by atoms with E-state index in [-0.39, 0.29) is 16.3 Å². The molecule has 1 fully saturated rings. The molecule has 3 aromatic rings. The van der Waals surface area contributed by atoms with Gasteiger partial charge in [-0.2, -0.15) is 8.78 Å². The Kier molecular flexibility index (Phi) is 7.21. The molecule has 34 heavy (non-hydrogen) atoms. The van der Waals surface area contributed by atoms with Crippen LogP contribution in [0.2, 0.25) is 0 Å². The molecule has 6 heteroatoms. The van der Waals surface area contributed by atoms with E-state index in [1.807, 2.05) is 6.92 Å². The van der Waals surface area contributed by atoms with Crippen LogP contribution in [-0.4, -0.2) is 6.61 Å². The molecule has 0 heterocycles. The third kappa shape index (κ3) is 5.25. The van der Waals surface area contributed by atoms with E-state index in [2.05, 4.69) is 28.7 Å². The van der Waals surface area contributed by atoms with Crippen molar-refractivity contribution in [3.63, 3.8) is 0 Å². The standard InChI is InChI=1S/C28H23F5O/c1-2-3-17-4-6-18(7-5-17)8-9-19-10-12-22(24(29)14-19)20-11-13-23-21(15-20)16-25(30)27(26(23)31)34-28(32)33/h2-3,10-18,28H,4-7H2,1H3/b3-2+. The smallest absolute Gasteiger partial charge is 0.387 e. The van der Waals surface area contributed by atoms with Crippen molar-refractivity contribution in [2.24, 2.45) is 11.8 Å². The Morgan fingerprint density at radius 2 is 1.71 bits per heavy atom. The van der Waals surface area contributed by atoms with Crippen LogP contribution in [0.15, 0.2) is 54.6 Å². The minimum absolute atomic E-state index is 0.103. The molecule has 176 valence electrons. The fourth-order valence-electron chi connectivity index (χ4n) is 4.42. The normalized spacial score (nSPS) is 18.3. The second-order valence-electron chi connectivity index (χ2n) is 8.42. The minimum Gasteiger partial charge on any atom is -0.429 e. The highest BCUT2D eigenvalue weighted by molar-refractivity contribution is 5.89. The van der Waals surface area contributed by atoms with E-state index in [4.69, 9.17) is 0 Å². The summed E-state index contributed by atoms with van der Waals surface area (Å²) in [7, 11) is 0. The van der Waals surface area contributed by atoms with Crippen molar-refractivity contribution in [2.45, 2.75) is 39.2 Å². The number of ether oxygens (including phenoxy) is 1. The molecule has 3 aromatic carbocycles. The predicted molar refractivity (Wildman–Crippen MR) is 123 cm³/mol. The molecule has 0 aromatic heterocycles. The van der Waals surface area contributed by atoms with Gasteiger partial charge in [-0.15, -0.1) is 0 Å². The zero-order valence-corrected chi connectivity index (χ0v) is 18.6. The van der Waals surface area contributed by atoms with Crippen LogP contribution >= 0.6 is 0 Å². The molecule has 0 bridgehead atoms. The zero-order chi connectivity index (χ0) is 24.2. The summed E-state index contributed by atoms with van der Waals surface area (Å²) < 4.78 is 72.3. The van der Waals surface area contributed by atoms with E-state index < -0.39 is 29.8 Å². The highest BCUT2D eigenvalue weighted by Crippen LogP contribution is 2.34. The van der Waals surface area contributed by atoms with Gasteiger partial charge in [-0.3, -0.25) is 0 Å². The Bertz CT molecular complexity index is 1280. The topological polar surface area (TPSA) is 9.23 Å². The van der Waals surface area contributed by atoms with Crippen molar-refractivity contribution >= 4 is 10.8 Å². The molecule has 0 spiro atoms. The van der Waals surface area contributed by atoms with Crippen LogP contribution in [0.25, 0.3) is 21.9 Å². The Labute approximate surface area is 195 Å². The van der Waals surface area contributed by atoms with Crippen molar-refractivity contribution in [2.75, 3.05) is 0 Å². The van der Waals surface area contributed by atoms with Crippen LogP contribution in [0.4, 0.5) is 22.0 Å². The number of benzene rings is 3. The summed E-state index contributed by atoms with van der Waals surface area (Å²) >= 11 is 0. The van der Waals surface area contributed by atoms with Crippen LogP contribution in [0.3, 0.4) is 0 Å². The van der Waals surface area contributed by atoms with Crippen molar-refractivity contribution < 1.29 is 26.7 Å². The summed E-state index contributed by atoms with van der Waals surface area (Å²) in [6.45, 7) is -1.33. The average molecular weight is 470 g/mol. The third-order valence-corrected chi connectivity index (χ3v) is 6.13. The average Bonchev–Trinajstić information content (AvgIpc) is 2.81. The second kappa shape index (κ2) is 10.3. The molecule has 0 aliphatic heterocycles. The first-order chi connectivity index (χ1) is 16.4. The van der Waals surface area contributed by atoms with Crippen molar-refractivity contribution in [3.8, 4) is 28.7 Å². The number of alkyl halides is 2. The van der Waals surface area contributed by atoms with E-state index in [9.17, 15) is 22.0 Å². The maximum atomic E-state index is 14.9. The Morgan fingerprint density at radius 3 is 2.38 bits per heavy atom. The quantitative estimate of drug-likeness (QED) is 0.212. The van der Waals surface area contributed by atoms with Gasteiger partial charge in [0.15, 0.2) is 17.4 Å². The van der Waals surface area contributed by atoms with E-state index in [1.54, 1.807) is 12.1 Å². The molecule has 1 aliphatic rings. The maximum absolute atomic E-state index is 14.9. The number of fused-ring (bicyclic) bond motifs is 1. The molecular formula is C28H23F5O. The molecule has 0 amide bonds. The van der Waals surface area contributed by atoms with E-state index >= 15 is 0 Å². The molecular weight excluding hydrogens is 447 g/mol. The summed E-state index contributed by atoms with van der Waals surface area (Å²) in [5.74, 6) is 3.10. The van der Waals surface area contributed by atoms with Gasteiger partial charge in [-0.05, 0) is 73.7 Å². The SMILES string of the molecule is C/C=C/C1CCC(C#Cc2ccc(-c3ccc4c(F)c(OC(F)F)c(F)cc4c3)c(F)c2)CC1. The van der Waals surface area contributed by atoms with Crippen molar-refractivity contribution in [1.29, 1.82) is 0 Å². The number of allylic oxidation sites excluding steroid dienone is 2. The highest BCUT2D eigenvalue weighted by atomic mass is 19.3. The van der Waals surface area contributed by atoms with Gasteiger partial charge in [0.2, 0.25) is 0 Å². The van der Waals surface area contributed by atoms with Gasteiger partial charge in [0.05, 0.1) is 0 Å². The van der Waals surface area contributed by atoms with Gasteiger partial charge in [-0.25, -0.2) is 13.2 Å². The molecule has 0 radical (unpaired) electrons. The van der Waals surface area contributed by atoms with E-state index in [0.29, 0.717) is 23.0 Å². The lowest BCUT2D eigenvalue weighted by Gasteiger charge is -2.22. The lowest BCUT2D eigenvalue weighted by molar-refractivity contribution is -0.0544. The third-order valence-electron chi connectivity index (χ3n) is 6.13. The molecule has 1 saturated carbocycles. The first kappa shape index (κ1) is 23.8. The number of halogens is 5. The largest absolute Gasteiger partial charge is 0.429 e. The van der Waals surface area contributed by atoms with Crippen molar-refractivity contribution in [3.05, 3.63) is 77.6 Å². The summed E-state index contributed by atoms with van der Waals surface area (Å²) in [6, 6.07) is 9.66. The Hall–Kier alpha value is -3.33. The van der Waals surface area contributed by atoms with E-state index in [1.165, 1.54) is 24.3 Å². The summed E-state index contributed by atoms with van der Waals surface area (Å²) in [5.41, 5.74) is 1.20. The van der Waals surface area contributed by atoms with Crippen LogP contribution in [-0.2, 0) is 0 Å². The maximum Gasteiger partial charge on any atom is 0.387 e. The van der Waals surface area contributed by atoms with Gasteiger partial charge < -0.3 is 4.74 Å². The summed E-state index contributed by atoms with van der Waals surface area (Å²) in [4.78, 5) is 0. The number of rotatable bonds is 4. The fourth-order valence-corrected chi connectivity index (χ4v) is 4.42. The second-order valence-corrected chi connectivity index (χ2v) is 8.42. The van der Waals surface area contributed by atoms with Crippen LogP contribution in [0.5, 0.6) is 5.75 Å². The molecule has 0 atom stereocenters. The van der Waals surface area contributed by atoms with Crippen LogP contribution in [0.1, 0.15) is 38.2 Å². The first-order valence-electron chi connectivity index (χ1n) is 11.2. The number of hydrogen-bond acceptors (Lipinski definition) is 1. The van der Waals surface area contributed by atoms with E-state index in [0.717, 1.165) is 31.7 Å². The van der Waals surface area contributed by atoms with Crippen LogP contribution in [0, 0.1) is 41.1 Å². The van der Waals surface area contributed by atoms with Gasteiger partial charge in [-0.1, -0.05) is 42.2 Å². The number of hydrogen-bond donors (Lipinski definition) is 0. The molecule has 4 rings (SSSR count). The fraction of sp³-hybridized carbons (Fsp3) is 0.286. The van der Waals surface area contributed by atoms with Crippen LogP contribution < -0.4 is 4.74 Å².